The molecule has 0 bridgehead atoms. The van der Waals surface area contributed by atoms with Gasteiger partial charge in [0, 0.05) is 18.4 Å². The normalized spacial score (nSPS) is 14.5. The average molecular weight is 295 g/mol. The molecule has 0 spiro atoms. The van der Waals surface area contributed by atoms with Crippen molar-refractivity contribution < 1.29 is 4.79 Å². The Labute approximate surface area is 130 Å². The van der Waals surface area contributed by atoms with Crippen LogP contribution in [0.25, 0.3) is 6.08 Å². The summed E-state index contributed by atoms with van der Waals surface area (Å²) in [6.45, 7) is 1.89. The lowest BCUT2D eigenvalue weighted by Gasteiger charge is -2.08. The van der Waals surface area contributed by atoms with Crippen molar-refractivity contribution in [1.29, 1.82) is 0 Å². The first-order valence-corrected chi connectivity index (χ1v) is 7.70. The molecule has 1 aliphatic rings. The molecule has 1 aromatic heterocycles. The van der Waals surface area contributed by atoms with Crippen LogP contribution in [0.4, 0.5) is 5.69 Å². The predicted octanol–water partition coefficient (Wildman–Crippen LogP) is 3.79. The van der Waals surface area contributed by atoms with Gasteiger partial charge in [-0.1, -0.05) is 30.4 Å². The molecular formula is C18H21N3O. The minimum absolute atomic E-state index is 0.117. The number of carbonyl (C=O) groups excluding carboxylic acids is 1. The summed E-state index contributed by atoms with van der Waals surface area (Å²) in [5.41, 5.74) is 3.35. The van der Waals surface area contributed by atoms with Gasteiger partial charge >= 0.3 is 0 Å². The van der Waals surface area contributed by atoms with Crippen LogP contribution < -0.4 is 5.32 Å². The van der Waals surface area contributed by atoms with Crippen molar-refractivity contribution in [1.82, 2.24) is 9.78 Å². The van der Waals surface area contributed by atoms with Gasteiger partial charge < -0.3 is 5.32 Å². The van der Waals surface area contributed by atoms with Crippen LogP contribution in [0.2, 0.25) is 0 Å². The Morgan fingerprint density at radius 2 is 2.18 bits per heavy atom. The van der Waals surface area contributed by atoms with Gasteiger partial charge in [-0.2, -0.15) is 5.10 Å². The minimum Gasteiger partial charge on any atom is -0.321 e. The number of nitrogens with zero attached hydrogens (tertiary/aromatic N) is 2. The van der Waals surface area contributed by atoms with Crippen LogP contribution in [-0.2, 0) is 7.05 Å². The van der Waals surface area contributed by atoms with E-state index in [1.807, 2.05) is 38.2 Å². The zero-order valence-corrected chi connectivity index (χ0v) is 13.0. The number of aromatic nitrogens is 2. The van der Waals surface area contributed by atoms with Crippen molar-refractivity contribution in [2.24, 2.45) is 13.0 Å². The summed E-state index contributed by atoms with van der Waals surface area (Å²) in [6.07, 6.45) is 9.74. The monoisotopic (exact) mass is 295 g/mol. The van der Waals surface area contributed by atoms with E-state index in [2.05, 4.69) is 22.6 Å². The number of hydrogen-bond donors (Lipinski definition) is 1. The van der Waals surface area contributed by atoms with E-state index < -0.39 is 0 Å². The maximum absolute atomic E-state index is 12.4. The highest BCUT2D eigenvalue weighted by Gasteiger charge is 2.19. The van der Waals surface area contributed by atoms with Crippen molar-refractivity contribution in [2.75, 3.05) is 5.32 Å². The molecule has 0 unspecified atom stereocenters. The molecule has 0 radical (unpaired) electrons. The van der Waals surface area contributed by atoms with Gasteiger partial charge in [0.1, 0.15) is 0 Å². The lowest BCUT2D eigenvalue weighted by Crippen LogP contribution is -2.13. The molecule has 1 heterocycles. The van der Waals surface area contributed by atoms with Gasteiger partial charge in [0.25, 0.3) is 5.91 Å². The molecule has 1 amide bonds. The third-order valence-electron chi connectivity index (χ3n) is 4.15. The highest BCUT2D eigenvalue weighted by molar-refractivity contribution is 6.05. The lowest BCUT2D eigenvalue weighted by atomic mass is 10.1. The molecule has 1 aromatic carbocycles. The van der Waals surface area contributed by atoms with Crippen molar-refractivity contribution in [3.8, 4) is 0 Å². The molecule has 0 saturated heterocycles. The number of nitrogens with one attached hydrogen (secondary N) is 1. The Morgan fingerprint density at radius 1 is 1.41 bits per heavy atom. The fraction of sp³-hybridized carbons (Fsp3) is 0.333. The van der Waals surface area contributed by atoms with Gasteiger partial charge in [-0.05, 0) is 43.7 Å². The predicted molar refractivity (Wildman–Crippen MR) is 88.7 cm³/mol. The summed E-state index contributed by atoms with van der Waals surface area (Å²) < 4.78 is 1.70. The summed E-state index contributed by atoms with van der Waals surface area (Å²) >= 11 is 0. The number of anilines is 1. The van der Waals surface area contributed by atoms with Crippen molar-refractivity contribution in [3.05, 3.63) is 53.4 Å². The second kappa shape index (κ2) is 6.18. The van der Waals surface area contributed by atoms with Crippen LogP contribution in [-0.4, -0.2) is 15.7 Å². The molecule has 1 fully saturated rings. The van der Waals surface area contributed by atoms with Crippen LogP contribution in [0.15, 0.2) is 36.5 Å². The van der Waals surface area contributed by atoms with Gasteiger partial charge in [-0.25, -0.2) is 0 Å². The molecule has 3 rings (SSSR count). The summed E-state index contributed by atoms with van der Waals surface area (Å²) in [4.78, 5) is 12.4. The number of aryl methyl sites for hydroxylation is 1. The Balaban J connectivity index is 1.75. The molecule has 1 saturated carbocycles. The standard InChI is InChI=1S/C18H21N3O/c1-13-16(12-19-21(13)2)18(22)20-17-9-4-3-7-15(17)8-5-6-14-10-11-14/h3-5,7-9,12,14H,6,10-11H2,1-2H3,(H,20,22)/b8-5+. The molecular weight excluding hydrogens is 274 g/mol. The van der Waals surface area contributed by atoms with Gasteiger partial charge in [-0.3, -0.25) is 9.48 Å². The van der Waals surface area contributed by atoms with E-state index in [1.165, 1.54) is 12.8 Å². The quantitative estimate of drug-likeness (QED) is 0.912. The third kappa shape index (κ3) is 3.27. The molecule has 4 heteroatoms. The Kier molecular flexibility index (Phi) is 4.09. The first-order valence-electron chi connectivity index (χ1n) is 7.70. The van der Waals surface area contributed by atoms with Crippen LogP contribution in [0.1, 0.15) is 40.9 Å². The summed E-state index contributed by atoms with van der Waals surface area (Å²) in [6, 6.07) is 7.88. The van der Waals surface area contributed by atoms with Crippen LogP contribution in [0, 0.1) is 12.8 Å². The van der Waals surface area contributed by atoms with Crippen LogP contribution in [0.3, 0.4) is 0 Å². The van der Waals surface area contributed by atoms with E-state index in [-0.39, 0.29) is 5.91 Å². The van der Waals surface area contributed by atoms with E-state index in [0.717, 1.165) is 29.3 Å². The molecule has 0 atom stereocenters. The number of hydrogen-bond acceptors (Lipinski definition) is 2. The smallest absolute Gasteiger partial charge is 0.259 e. The molecule has 1 N–H and O–H groups in total. The first kappa shape index (κ1) is 14.6. The number of allylic oxidation sites excluding steroid dienone is 1. The Hall–Kier alpha value is -2.36. The maximum Gasteiger partial charge on any atom is 0.259 e. The molecule has 1 aliphatic carbocycles. The summed E-state index contributed by atoms with van der Waals surface area (Å²) in [7, 11) is 1.83. The SMILES string of the molecule is Cc1c(C(=O)Nc2ccccc2/C=C/CC2CC2)cnn1C. The summed E-state index contributed by atoms with van der Waals surface area (Å²) in [5, 5.41) is 7.11. The fourth-order valence-corrected chi connectivity index (χ4v) is 2.41. The highest BCUT2D eigenvalue weighted by atomic mass is 16.1. The van der Waals surface area contributed by atoms with E-state index >= 15 is 0 Å². The maximum atomic E-state index is 12.4. The molecule has 0 aliphatic heterocycles. The average Bonchev–Trinajstić information content (AvgIpc) is 3.27. The first-order chi connectivity index (χ1) is 10.6. The number of carbonyl (C=O) groups is 1. The van der Waals surface area contributed by atoms with Crippen LogP contribution in [0.5, 0.6) is 0 Å². The Morgan fingerprint density at radius 3 is 2.86 bits per heavy atom. The second-order valence-electron chi connectivity index (χ2n) is 5.89. The summed E-state index contributed by atoms with van der Waals surface area (Å²) in [5.74, 6) is 0.754. The van der Waals surface area contributed by atoms with E-state index in [9.17, 15) is 4.79 Å². The molecule has 4 nitrogen and oxygen atoms in total. The van der Waals surface area contributed by atoms with Gasteiger partial charge in [0.05, 0.1) is 11.8 Å². The van der Waals surface area contributed by atoms with E-state index in [4.69, 9.17) is 0 Å². The lowest BCUT2D eigenvalue weighted by molar-refractivity contribution is 0.102. The zero-order valence-electron chi connectivity index (χ0n) is 13.0. The highest BCUT2D eigenvalue weighted by Crippen LogP contribution is 2.33. The zero-order chi connectivity index (χ0) is 15.5. The third-order valence-corrected chi connectivity index (χ3v) is 4.15. The number of amides is 1. The fourth-order valence-electron chi connectivity index (χ4n) is 2.41. The number of benzene rings is 1. The van der Waals surface area contributed by atoms with E-state index in [0.29, 0.717) is 5.56 Å². The molecule has 22 heavy (non-hydrogen) atoms. The second-order valence-corrected chi connectivity index (χ2v) is 5.89. The van der Waals surface area contributed by atoms with Crippen molar-refractivity contribution >= 4 is 17.7 Å². The van der Waals surface area contributed by atoms with Gasteiger partial charge in [0.15, 0.2) is 0 Å². The topological polar surface area (TPSA) is 46.9 Å². The number of para-hydroxylation sites is 1. The van der Waals surface area contributed by atoms with Gasteiger partial charge in [0.2, 0.25) is 0 Å². The van der Waals surface area contributed by atoms with Crippen molar-refractivity contribution in [2.45, 2.75) is 26.2 Å². The largest absolute Gasteiger partial charge is 0.321 e. The van der Waals surface area contributed by atoms with E-state index in [1.54, 1.807) is 10.9 Å². The Bertz CT molecular complexity index is 711. The molecule has 2 aromatic rings. The molecule has 114 valence electrons. The van der Waals surface area contributed by atoms with Gasteiger partial charge in [-0.15, -0.1) is 0 Å². The van der Waals surface area contributed by atoms with Crippen molar-refractivity contribution in [3.63, 3.8) is 0 Å². The number of rotatable bonds is 5. The van der Waals surface area contributed by atoms with Crippen LogP contribution >= 0.6 is 0 Å². The minimum atomic E-state index is -0.117.